The maximum atomic E-state index is 12.0. The van der Waals surface area contributed by atoms with Crippen molar-refractivity contribution in [2.24, 2.45) is 5.10 Å². The van der Waals surface area contributed by atoms with E-state index in [1.165, 1.54) is 6.34 Å². The van der Waals surface area contributed by atoms with E-state index >= 15 is 0 Å². The van der Waals surface area contributed by atoms with E-state index in [-0.39, 0.29) is 30.2 Å². The van der Waals surface area contributed by atoms with Crippen LogP contribution in [0, 0.1) is 0 Å². The lowest BCUT2D eigenvalue weighted by atomic mass is 10.2. The molecule has 1 aromatic heterocycles. The molecule has 0 aliphatic carbocycles. The van der Waals surface area contributed by atoms with E-state index in [2.05, 4.69) is 15.5 Å². The summed E-state index contributed by atoms with van der Waals surface area (Å²) in [5.74, 6) is -1.49. The van der Waals surface area contributed by atoms with E-state index in [0.29, 0.717) is 0 Å². The Kier molecular flexibility index (Phi) is 6.78. The molecule has 126 valence electrons. The first-order valence-corrected chi connectivity index (χ1v) is 6.97. The first-order valence-electron chi connectivity index (χ1n) is 6.97. The highest BCUT2D eigenvalue weighted by Crippen LogP contribution is 2.14. The van der Waals surface area contributed by atoms with Gasteiger partial charge in [-0.1, -0.05) is 0 Å². The van der Waals surface area contributed by atoms with E-state index < -0.39 is 17.5 Å². The average molecular weight is 324 g/mol. The van der Waals surface area contributed by atoms with Crippen molar-refractivity contribution in [3.8, 4) is 0 Å². The minimum absolute atomic E-state index is 0.0228. The van der Waals surface area contributed by atoms with Gasteiger partial charge in [0.15, 0.2) is 0 Å². The van der Waals surface area contributed by atoms with Crippen molar-refractivity contribution in [2.45, 2.75) is 13.8 Å². The number of nitrogens with zero attached hydrogens (tertiary/aromatic N) is 2. The number of aromatic nitrogens is 1. The second-order valence-electron chi connectivity index (χ2n) is 4.56. The number of anilines is 1. The van der Waals surface area contributed by atoms with Gasteiger partial charge in [0.05, 0.1) is 13.2 Å². The highest BCUT2D eigenvalue weighted by molar-refractivity contribution is 5.98. The molecule has 0 aliphatic rings. The molecule has 2 N–H and O–H groups in total. The Bertz CT molecular complexity index is 651. The molecule has 0 radical (unpaired) electrons. The fourth-order valence-electron chi connectivity index (χ4n) is 1.56. The van der Waals surface area contributed by atoms with Crippen LogP contribution >= 0.6 is 0 Å². The molecule has 0 aliphatic heterocycles. The minimum atomic E-state index is -0.817. The Balaban J connectivity index is 3.27. The summed E-state index contributed by atoms with van der Waals surface area (Å²) in [5.41, 5.74) is 1.54. The zero-order valence-corrected chi connectivity index (χ0v) is 13.5. The number of carbonyl (C=O) groups excluding carboxylic acids is 2. The summed E-state index contributed by atoms with van der Waals surface area (Å²) < 4.78 is 9.70. The number of pyridine rings is 1. The number of esters is 2. The number of nitrogens with one attached hydrogen (secondary N) is 2. The van der Waals surface area contributed by atoms with Crippen LogP contribution in [0.4, 0.5) is 5.82 Å². The Hall–Kier alpha value is -2.84. The normalized spacial score (nSPS) is 10.4. The second kappa shape index (κ2) is 8.57. The molecule has 9 nitrogen and oxygen atoms in total. The number of hydrazone groups is 1. The third-order valence-electron chi connectivity index (χ3n) is 2.50. The van der Waals surface area contributed by atoms with Gasteiger partial charge in [-0.3, -0.25) is 10.2 Å². The molecule has 0 bridgehead atoms. The predicted molar refractivity (Wildman–Crippen MR) is 84.8 cm³/mol. The molecular weight excluding hydrogens is 304 g/mol. The molecule has 1 heterocycles. The molecule has 1 rings (SSSR count). The van der Waals surface area contributed by atoms with Crippen molar-refractivity contribution in [2.75, 3.05) is 32.7 Å². The van der Waals surface area contributed by atoms with Crippen LogP contribution in [0.15, 0.2) is 16.0 Å². The summed E-state index contributed by atoms with van der Waals surface area (Å²) >= 11 is 0. The van der Waals surface area contributed by atoms with E-state index in [9.17, 15) is 14.4 Å². The lowest BCUT2D eigenvalue weighted by Gasteiger charge is -2.10. The third kappa shape index (κ3) is 5.13. The van der Waals surface area contributed by atoms with Gasteiger partial charge in [-0.05, 0) is 19.9 Å². The van der Waals surface area contributed by atoms with E-state index in [1.54, 1.807) is 32.8 Å². The zero-order valence-electron chi connectivity index (χ0n) is 13.5. The van der Waals surface area contributed by atoms with Crippen molar-refractivity contribution >= 4 is 24.1 Å². The summed E-state index contributed by atoms with van der Waals surface area (Å²) in [6, 6.07) is 1.13. The van der Waals surface area contributed by atoms with E-state index in [4.69, 9.17) is 9.47 Å². The first kappa shape index (κ1) is 18.2. The lowest BCUT2D eigenvalue weighted by Crippen LogP contribution is -2.23. The molecule has 9 heteroatoms. The summed E-state index contributed by atoms with van der Waals surface area (Å²) in [6.45, 7) is 3.52. The molecule has 0 amide bonds. The van der Waals surface area contributed by atoms with Gasteiger partial charge in [0.25, 0.3) is 5.56 Å². The maximum Gasteiger partial charge on any atom is 0.343 e. The quantitative estimate of drug-likeness (QED) is 0.327. The van der Waals surface area contributed by atoms with Crippen LogP contribution in [-0.4, -0.2) is 55.5 Å². The van der Waals surface area contributed by atoms with Crippen LogP contribution in [0.5, 0.6) is 0 Å². The van der Waals surface area contributed by atoms with Crippen molar-refractivity contribution in [3.05, 3.63) is 27.5 Å². The Morgan fingerprint density at radius 2 is 1.78 bits per heavy atom. The average Bonchev–Trinajstić information content (AvgIpc) is 2.47. The molecule has 0 aromatic carbocycles. The summed E-state index contributed by atoms with van der Waals surface area (Å²) in [4.78, 5) is 39.8. The SMILES string of the molecule is CCOC(=O)c1cc(C(=O)OCC)c(=O)[nH]c1N/N=C\N(C)C. The van der Waals surface area contributed by atoms with Crippen LogP contribution < -0.4 is 11.0 Å². The summed E-state index contributed by atoms with van der Waals surface area (Å²) in [5, 5.41) is 3.85. The number of carbonyl (C=O) groups is 2. The van der Waals surface area contributed by atoms with Crippen molar-refractivity contribution in [1.29, 1.82) is 0 Å². The molecule has 0 fully saturated rings. The van der Waals surface area contributed by atoms with E-state index in [0.717, 1.165) is 6.07 Å². The van der Waals surface area contributed by atoms with Crippen LogP contribution in [0.25, 0.3) is 0 Å². The molecular formula is C14H20N4O5. The smallest absolute Gasteiger partial charge is 0.343 e. The van der Waals surface area contributed by atoms with Crippen LogP contribution in [0.2, 0.25) is 0 Å². The Labute approximate surface area is 133 Å². The standard InChI is InChI=1S/C14H20N4O5/c1-5-22-13(20)9-7-10(14(21)23-6-2)12(19)16-11(9)17-15-8-18(3)4/h7-8H,5-6H2,1-4H3,(H2,16,17,19)/b15-8-. The third-order valence-corrected chi connectivity index (χ3v) is 2.50. The van der Waals surface area contributed by atoms with Gasteiger partial charge < -0.3 is 19.4 Å². The number of rotatable bonds is 7. The topological polar surface area (TPSA) is 113 Å². The monoisotopic (exact) mass is 324 g/mol. The van der Waals surface area contributed by atoms with E-state index in [1.807, 2.05) is 0 Å². The number of aromatic amines is 1. The van der Waals surface area contributed by atoms with Crippen molar-refractivity contribution in [3.63, 3.8) is 0 Å². The first-order chi connectivity index (χ1) is 10.9. The molecule has 0 unspecified atom stereocenters. The fraction of sp³-hybridized carbons (Fsp3) is 0.429. The summed E-state index contributed by atoms with van der Waals surface area (Å²) in [6.07, 6.45) is 1.44. The zero-order chi connectivity index (χ0) is 17.4. The van der Waals surface area contributed by atoms with Gasteiger partial charge in [0, 0.05) is 14.1 Å². The van der Waals surface area contributed by atoms with Gasteiger partial charge in [-0.2, -0.15) is 5.10 Å². The van der Waals surface area contributed by atoms with Crippen molar-refractivity contribution < 1.29 is 19.1 Å². The van der Waals surface area contributed by atoms with Crippen molar-refractivity contribution in [1.82, 2.24) is 9.88 Å². The lowest BCUT2D eigenvalue weighted by molar-refractivity contribution is 0.0523. The van der Waals surface area contributed by atoms with Crippen LogP contribution in [0.1, 0.15) is 34.6 Å². The number of H-pyrrole nitrogens is 1. The van der Waals surface area contributed by atoms with Crippen LogP contribution in [0.3, 0.4) is 0 Å². The largest absolute Gasteiger partial charge is 0.462 e. The molecule has 0 saturated carbocycles. The molecule has 0 spiro atoms. The Morgan fingerprint density at radius 3 is 2.30 bits per heavy atom. The van der Waals surface area contributed by atoms with Gasteiger partial charge in [0.2, 0.25) is 0 Å². The summed E-state index contributed by atoms with van der Waals surface area (Å²) in [7, 11) is 3.51. The van der Waals surface area contributed by atoms with Crippen LogP contribution in [-0.2, 0) is 9.47 Å². The van der Waals surface area contributed by atoms with Gasteiger partial charge in [-0.25, -0.2) is 9.59 Å². The number of hydrogen-bond donors (Lipinski definition) is 2. The molecule has 23 heavy (non-hydrogen) atoms. The fourth-order valence-corrected chi connectivity index (χ4v) is 1.56. The second-order valence-corrected chi connectivity index (χ2v) is 4.56. The highest BCUT2D eigenvalue weighted by Gasteiger charge is 2.20. The minimum Gasteiger partial charge on any atom is -0.462 e. The predicted octanol–water partition coefficient (Wildman–Crippen LogP) is 0.645. The Morgan fingerprint density at radius 1 is 1.22 bits per heavy atom. The van der Waals surface area contributed by atoms with Gasteiger partial charge in [-0.15, -0.1) is 0 Å². The van der Waals surface area contributed by atoms with Gasteiger partial charge >= 0.3 is 11.9 Å². The molecule has 1 aromatic rings. The highest BCUT2D eigenvalue weighted by atomic mass is 16.5. The van der Waals surface area contributed by atoms with Gasteiger partial charge in [0.1, 0.15) is 23.3 Å². The number of hydrogen-bond acceptors (Lipinski definition) is 7. The maximum absolute atomic E-state index is 12.0. The molecule has 0 saturated heterocycles. The molecule has 0 atom stereocenters. The number of ether oxygens (including phenoxy) is 2.